The van der Waals surface area contributed by atoms with Crippen molar-refractivity contribution in [2.75, 3.05) is 23.4 Å². The Bertz CT molecular complexity index is 908. The number of amides is 2. The van der Waals surface area contributed by atoms with E-state index < -0.39 is 5.91 Å². The van der Waals surface area contributed by atoms with Crippen LogP contribution in [0.5, 0.6) is 0 Å². The summed E-state index contributed by atoms with van der Waals surface area (Å²) in [6.07, 6.45) is -0.134. The lowest BCUT2D eigenvalue weighted by molar-refractivity contribution is -0.113. The van der Waals surface area contributed by atoms with Crippen LogP contribution in [0.2, 0.25) is 0 Å². The Kier molecular flexibility index (Phi) is 8.06. The number of hydrogen-bond donors (Lipinski definition) is 2. The highest BCUT2D eigenvalue weighted by atomic mass is 32.2. The Hall–Kier alpha value is -3.09. The SMILES string of the molecule is NC(=O)c1ccc(NC(=O)CSCCOC(c2ccccc2)c2ccccc2)cc1. The number of primary amides is 1. The summed E-state index contributed by atoms with van der Waals surface area (Å²) in [5, 5.41) is 2.81. The molecule has 0 aromatic heterocycles. The van der Waals surface area contributed by atoms with Crippen LogP contribution in [0.3, 0.4) is 0 Å². The molecule has 0 saturated heterocycles. The third-order valence-corrected chi connectivity index (χ3v) is 5.32. The minimum Gasteiger partial charge on any atom is -0.368 e. The summed E-state index contributed by atoms with van der Waals surface area (Å²) >= 11 is 1.51. The molecule has 0 aliphatic carbocycles. The van der Waals surface area contributed by atoms with Gasteiger partial charge >= 0.3 is 0 Å². The average molecular weight is 421 g/mol. The second-order valence-corrected chi connectivity index (χ2v) is 7.72. The monoisotopic (exact) mass is 420 g/mol. The van der Waals surface area contributed by atoms with Gasteiger partial charge in [-0.1, -0.05) is 60.7 Å². The van der Waals surface area contributed by atoms with Gasteiger partial charge in [0.25, 0.3) is 0 Å². The van der Waals surface area contributed by atoms with E-state index in [-0.39, 0.29) is 12.0 Å². The molecular formula is C24H24N2O3S. The Balaban J connectivity index is 1.45. The predicted molar refractivity (Wildman–Crippen MR) is 122 cm³/mol. The summed E-state index contributed by atoms with van der Waals surface area (Å²) in [5.41, 5.74) is 8.46. The number of anilines is 1. The molecule has 0 aliphatic heterocycles. The van der Waals surface area contributed by atoms with Crippen molar-refractivity contribution in [2.24, 2.45) is 5.73 Å². The van der Waals surface area contributed by atoms with E-state index in [4.69, 9.17) is 10.5 Å². The van der Waals surface area contributed by atoms with Gasteiger partial charge in [-0.25, -0.2) is 0 Å². The molecule has 30 heavy (non-hydrogen) atoms. The van der Waals surface area contributed by atoms with Crippen molar-refractivity contribution in [3.05, 3.63) is 102 Å². The van der Waals surface area contributed by atoms with E-state index in [9.17, 15) is 9.59 Å². The van der Waals surface area contributed by atoms with Gasteiger partial charge < -0.3 is 15.8 Å². The number of hydrogen-bond acceptors (Lipinski definition) is 4. The van der Waals surface area contributed by atoms with Crippen LogP contribution in [0.4, 0.5) is 5.69 Å². The second-order valence-electron chi connectivity index (χ2n) is 6.61. The number of ether oxygens (including phenoxy) is 1. The molecule has 5 nitrogen and oxygen atoms in total. The molecule has 0 aliphatic rings. The average Bonchev–Trinajstić information content (AvgIpc) is 2.78. The lowest BCUT2D eigenvalue weighted by atomic mass is 10.0. The molecule has 3 rings (SSSR count). The third kappa shape index (κ3) is 6.47. The van der Waals surface area contributed by atoms with Crippen LogP contribution in [0.25, 0.3) is 0 Å². The van der Waals surface area contributed by atoms with Gasteiger partial charge in [-0.15, -0.1) is 11.8 Å². The minimum atomic E-state index is -0.493. The molecule has 0 bridgehead atoms. The molecule has 2 amide bonds. The lowest BCUT2D eigenvalue weighted by Crippen LogP contribution is -2.16. The van der Waals surface area contributed by atoms with Gasteiger partial charge in [-0.2, -0.15) is 0 Å². The fourth-order valence-electron chi connectivity index (χ4n) is 2.95. The number of thioether (sulfide) groups is 1. The predicted octanol–water partition coefficient (Wildman–Crippen LogP) is 4.26. The highest BCUT2D eigenvalue weighted by Gasteiger charge is 2.14. The Morgan fingerprint density at radius 2 is 1.43 bits per heavy atom. The van der Waals surface area contributed by atoms with Crippen molar-refractivity contribution < 1.29 is 14.3 Å². The molecule has 3 N–H and O–H groups in total. The maximum absolute atomic E-state index is 12.1. The van der Waals surface area contributed by atoms with E-state index in [1.54, 1.807) is 24.3 Å². The van der Waals surface area contributed by atoms with Crippen LogP contribution in [-0.2, 0) is 9.53 Å². The molecule has 3 aromatic rings. The zero-order valence-electron chi connectivity index (χ0n) is 16.5. The fourth-order valence-corrected chi connectivity index (χ4v) is 3.56. The maximum Gasteiger partial charge on any atom is 0.248 e. The van der Waals surface area contributed by atoms with Crippen molar-refractivity contribution >= 4 is 29.3 Å². The molecule has 0 fully saturated rings. The highest BCUT2D eigenvalue weighted by Crippen LogP contribution is 2.26. The first-order valence-corrected chi connectivity index (χ1v) is 10.8. The van der Waals surface area contributed by atoms with Gasteiger partial charge in [0, 0.05) is 17.0 Å². The van der Waals surface area contributed by atoms with E-state index in [0.29, 0.717) is 29.4 Å². The van der Waals surface area contributed by atoms with Crippen molar-refractivity contribution in [3.63, 3.8) is 0 Å². The second kappa shape index (κ2) is 11.2. The third-order valence-electron chi connectivity index (χ3n) is 4.40. The number of carbonyl (C=O) groups is 2. The quantitative estimate of drug-likeness (QED) is 0.480. The van der Waals surface area contributed by atoms with Gasteiger partial charge in [0.15, 0.2) is 0 Å². The number of nitrogens with two attached hydrogens (primary N) is 1. The van der Waals surface area contributed by atoms with E-state index in [2.05, 4.69) is 29.6 Å². The standard InChI is InChI=1S/C24H24N2O3S/c25-24(28)20-11-13-21(14-12-20)26-22(27)17-30-16-15-29-23(18-7-3-1-4-8-18)19-9-5-2-6-10-19/h1-14,23H,15-17H2,(H2,25,28)(H,26,27). The number of rotatable bonds is 10. The van der Waals surface area contributed by atoms with Crippen LogP contribution >= 0.6 is 11.8 Å². The molecule has 0 spiro atoms. The fraction of sp³-hybridized carbons (Fsp3) is 0.167. The summed E-state index contributed by atoms with van der Waals surface area (Å²) in [6.45, 7) is 0.527. The van der Waals surface area contributed by atoms with Gasteiger partial charge in [-0.3, -0.25) is 9.59 Å². The summed E-state index contributed by atoms with van der Waals surface area (Å²) in [5.74, 6) is 0.425. The van der Waals surface area contributed by atoms with Crippen LogP contribution in [0.1, 0.15) is 27.6 Å². The first-order valence-electron chi connectivity index (χ1n) is 9.62. The van der Waals surface area contributed by atoms with Crippen LogP contribution in [0.15, 0.2) is 84.9 Å². The number of carbonyl (C=O) groups excluding carboxylic acids is 2. The van der Waals surface area contributed by atoms with Gasteiger partial charge in [0.2, 0.25) is 11.8 Å². The van der Waals surface area contributed by atoms with Crippen molar-refractivity contribution in [1.82, 2.24) is 0 Å². The number of benzene rings is 3. The van der Waals surface area contributed by atoms with E-state index in [1.165, 1.54) is 11.8 Å². The molecule has 0 atom stereocenters. The summed E-state index contributed by atoms with van der Waals surface area (Å²) in [6, 6.07) is 26.7. The van der Waals surface area contributed by atoms with Crippen molar-refractivity contribution in [1.29, 1.82) is 0 Å². The van der Waals surface area contributed by atoms with Gasteiger partial charge in [-0.05, 0) is 35.4 Å². The first-order chi connectivity index (χ1) is 14.6. The van der Waals surface area contributed by atoms with Crippen molar-refractivity contribution in [2.45, 2.75) is 6.10 Å². The molecule has 6 heteroatoms. The summed E-state index contributed by atoms with van der Waals surface area (Å²) in [4.78, 5) is 23.2. The zero-order valence-corrected chi connectivity index (χ0v) is 17.3. The normalized spacial score (nSPS) is 10.7. The Morgan fingerprint density at radius 3 is 1.97 bits per heavy atom. The van der Waals surface area contributed by atoms with Gasteiger partial charge in [0.05, 0.1) is 12.4 Å². The van der Waals surface area contributed by atoms with E-state index in [0.717, 1.165) is 11.1 Å². The van der Waals surface area contributed by atoms with Gasteiger partial charge in [0.1, 0.15) is 6.10 Å². The lowest BCUT2D eigenvalue weighted by Gasteiger charge is -2.19. The molecule has 0 saturated carbocycles. The summed E-state index contributed by atoms with van der Waals surface area (Å²) < 4.78 is 6.15. The van der Waals surface area contributed by atoms with Crippen LogP contribution in [-0.4, -0.2) is 29.9 Å². The molecule has 0 heterocycles. The minimum absolute atomic E-state index is 0.102. The van der Waals surface area contributed by atoms with E-state index in [1.807, 2.05) is 36.4 Å². The number of nitrogens with one attached hydrogen (secondary N) is 1. The Morgan fingerprint density at radius 1 is 0.867 bits per heavy atom. The molecular weight excluding hydrogens is 396 g/mol. The van der Waals surface area contributed by atoms with Crippen LogP contribution in [0, 0.1) is 0 Å². The largest absolute Gasteiger partial charge is 0.368 e. The molecule has 0 radical (unpaired) electrons. The smallest absolute Gasteiger partial charge is 0.248 e. The zero-order chi connectivity index (χ0) is 21.2. The summed E-state index contributed by atoms with van der Waals surface area (Å²) in [7, 11) is 0. The molecule has 154 valence electrons. The van der Waals surface area contributed by atoms with Crippen molar-refractivity contribution in [3.8, 4) is 0 Å². The molecule has 3 aromatic carbocycles. The molecule has 0 unspecified atom stereocenters. The van der Waals surface area contributed by atoms with E-state index >= 15 is 0 Å². The first kappa shape index (κ1) is 21.6. The Labute approximate surface area is 180 Å². The maximum atomic E-state index is 12.1. The topological polar surface area (TPSA) is 81.4 Å². The van der Waals surface area contributed by atoms with Crippen LogP contribution < -0.4 is 11.1 Å². The highest BCUT2D eigenvalue weighted by molar-refractivity contribution is 7.99.